The van der Waals surface area contributed by atoms with Crippen LogP contribution in [0.15, 0.2) is 0 Å². The van der Waals surface area contributed by atoms with Crippen LogP contribution in [0.1, 0.15) is 104 Å². The number of hydrogen-bond acceptors (Lipinski definition) is 3. The lowest BCUT2D eigenvalue weighted by molar-refractivity contribution is 0.0267. The number of likely N-dealkylation sites (N-methyl/N-ethyl adjacent to an activating group) is 1. The van der Waals surface area contributed by atoms with Gasteiger partial charge in [0.25, 0.3) is 0 Å². The highest BCUT2D eigenvalue weighted by Gasteiger charge is 2.27. The van der Waals surface area contributed by atoms with Gasteiger partial charge in [0.15, 0.2) is 0 Å². The van der Waals surface area contributed by atoms with E-state index >= 15 is 0 Å². The summed E-state index contributed by atoms with van der Waals surface area (Å²) in [5.41, 5.74) is -0.335. The van der Waals surface area contributed by atoms with Crippen molar-refractivity contribution in [1.82, 2.24) is 5.32 Å². The zero-order chi connectivity index (χ0) is 17.6. The Hall–Kier alpha value is -0.120. The summed E-state index contributed by atoms with van der Waals surface area (Å²) in [7, 11) is 1.85. The maximum atomic E-state index is 10.1. The van der Waals surface area contributed by atoms with Crippen LogP contribution in [-0.4, -0.2) is 35.0 Å². The average Bonchev–Trinajstić information content (AvgIpc) is 2.52. The smallest absolute Gasteiger partial charge is 0.0740 e. The van der Waals surface area contributed by atoms with Crippen molar-refractivity contribution in [1.29, 1.82) is 0 Å². The van der Waals surface area contributed by atoms with E-state index in [1.807, 2.05) is 20.9 Å². The minimum Gasteiger partial charge on any atom is -0.393 e. The van der Waals surface area contributed by atoms with E-state index in [-0.39, 0.29) is 11.6 Å². The van der Waals surface area contributed by atoms with Crippen LogP contribution in [0.2, 0.25) is 0 Å². The first-order chi connectivity index (χ1) is 10.9. The molecule has 23 heavy (non-hydrogen) atoms. The molecular weight excluding hydrogens is 286 g/mol. The van der Waals surface area contributed by atoms with E-state index in [0.29, 0.717) is 6.42 Å². The van der Waals surface area contributed by atoms with Crippen molar-refractivity contribution in [3.05, 3.63) is 0 Å². The van der Waals surface area contributed by atoms with Crippen LogP contribution in [0, 0.1) is 0 Å². The molecule has 0 fully saturated rings. The molecule has 3 heteroatoms. The molecule has 0 radical (unpaired) electrons. The highest BCUT2D eigenvalue weighted by atomic mass is 16.3. The van der Waals surface area contributed by atoms with Gasteiger partial charge >= 0.3 is 0 Å². The van der Waals surface area contributed by atoms with Crippen LogP contribution in [0.25, 0.3) is 0 Å². The fraction of sp³-hybridized carbons (Fsp3) is 1.00. The molecule has 3 nitrogen and oxygen atoms in total. The predicted octanol–water partition coefficient (Wildman–Crippen LogP) is 4.80. The van der Waals surface area contributed by atoms with Crippen molar-refractivity contribution in [2.24, 2.45) is 0 Å². The van der Waals surface area contributed by atoms with Gasteiger partial charge in [0, 0.05) is 12.0 Å². The minimum atomic E-state index is -0.504. The van der Waals surface area contributed by atoms with Gasteiger partial charge in [-0.1, -0.05) is 77.6 Å². The maximum absolute atomic E-state index is 10.1. The number of hydrogen-bond donors (Lipinski definition) is 3. The fourth-order valence-electron chi connectivity index (χ4n) is 2.88. The second-order valence-electron chi connectivity index (χ2n) is 7.70. The van der Waals surface area contributed by atoms with E-state index in [4.69, 9.17) is 0 Å². The van der Waals surface area contributed by atoms with Crippen molar-refractivity contribution in [3.63, 3.8) is 0 Å². The molecule has 0 spiro atoms. The normalized spacial score (nSPS) is 14.9. The number of aliphatic hydroxyl groups excluding tert-OH is 2. The summed E-state index contributed by atoms with van der Waals surface area (Å²) in [6.07, 6.45) is 15.0. The maximum Gasteiger partial charge on any atom is 0.0740 e. The molecular formula is C20H43NO2. The van der Waals surface area contributed by atoms with Crippen molar-refractivity contribution >= 4 is 0 Å². The van der Waals surface area contributed by atoms with E-state index in [9.17, 15) is 10.2 Å². The SMILES string of the molecule is CCCCCCCCCCCCCC(O)CC(O)C(C)(C)NC. The van der Waals surface area contributed by atoms with Crippen molar-refractivity contribution < 1.29 is 10.2 Å². The molecule has 0 saturated carbocycles. The molecule has 0 aromatic rings. The third kappa shape index (κ3) is 12.9. The monoisotopic (exact) mass is 329 g/mol. The molecule has 0 bridgehead atoms. The summed E-state index contributed by atoms with van der Waals surface area (Å²) in [4.78, 5) is 0. The molecule has 2 unspecified atom stereocenters. The molecule has 0 aliphatic carbocycles. The van der Waals surface area contributed by atoms with Crippen LogP contribution in [0.3, 0.4) is 0 Å². The topological polar surface area (TPSA) is 52.5 Å². The fourth-order valence-corrected chi connectivity index (χ4v) is 2.88. The predicted molar refractivity (Wildman–Crippen MR) is 101 cm³/mol. The summed E-state index contributed by atoms with van der Waals surface area (Å²) in [6, 6.07) is 0. The van der Waals surface area contributed by atoms with Crippen LogP contribution in [0.5, 0.6) is 0 Å². The van der Waals surface area contributed by atoms with Crippen molar-refractivity contribution in [3.8, 4) is 0 Å². The van der Waals surface area contributed by atoms with Crippen LogP contribution >= 0.6 is 0 Å². The second kappa shape index (κ2) is 14.2. The van der Waals surface area contributed by atoms with Crippen molar-refractivity contribution in [2.75, 3.05) is 7.05 Å². The highest BCUT2D eigenvalue weighted by molar-refractivity contribution is 4.85. The van der Waals surface area contributed by atoms with E-state index in [1.54, 1.807) is 0 Å². The Labute approximate surface area is 145 Å². The Kier molecular flexibility index (Phi) is 14.2. The van der Waals surface area contributed by atoms with Crippen LogP contribution < -0.4 is 5.32 Å². The van der Waals surface area contributed by atoms with Gasteiger partial charge in [0.1, 0.15) is 0 Å². The lowest BCUT2D eigenvalue weighted by atomic mass is 9.91. The number of unbranched alkanes of at least 4 members (excludes halogenated alkanes) is 10. The standard InChI is InChI=1S/C20H43NO2/c1-5-6-7-8-9-10-11-12-13-14-15-16-18(22)17-19(23)20(2,3)21-4/h18-19,21-23H,5-17H2,1-4H3. The minimum absolute atomic E-state index is 0.335. The van der Waals surface area contributed by atoms with Gasteiger partial charge in [-0.05, 0) is 27.3 Å². The second-order valence-corrected chi connectivity index (χ2v) is 7.70. The summed E-state index contributed by atoms with van der Waals surface area (Å²) in [5.74, 6) is 0. The van der Waals surface area contributed by atoms with Gasteiger partial charge < -0.3 is 15.5 Å². The Morgan fingerprint density at radius 1 is 0.783 bits per heavy atom. The Morgan fingerprint density at radius 2 is 1.22 bits per heavy atom. The first kappa shape index (κ1) is 22.9. The Morgan fingerprint density at radius 3 is 1.65 bits per heavy atom. The number of aliphatic hydroxyl groups is 2. The third-order valence-electron chi connectivity index (χ3n) is 5.11. The van der Waals surface area contributed by atoms with Gasteiger partial charge in [0.2, 0.25) is 0 Å². The lowest BCUT2D eigenvalue weighted by Crippen LogP contribution is -2.48. The lowest BCUT2D eigenvalue weighted by Gasteiger charge is -2.31. The van der Waals surface area contributed by atoms with Gasteiger partial charge in [0.05, 0.1) is 12.2 Å². The Balaban J connectivity index is 3.41. The largest absolute Gasteiger partial charge is 0.393 e. The van der Waals surface area contributed by atoms with Gasteiger partial charge in [-0.15, -0.1) is 0 Å². The van der Waals surface area contributed by atoms with Crippen LogP contribution in [0.4, 0.5) is 0 Å². The third-order valence-corrected chi connectivity index (χ3v) is 5.11. The molecule has 0 aliphatic rings. The average molecular weight is 330 g/mol. The first-order valence-corrected chi connectivity index (χ1v) is 9.99. The zero-order valence-corrected chi connectivity index (χ0v) is 16.2. The molecule has 0 aliphatic heterocycles. The molecule has 3 N–H and O–H groups in total. The highest BCUT2D eigenvalue weighted by Crippen LogP contribution is 2.17. The van der Waals surface area contributed by atoms with E-state index in [0.717, 1.165) is 12.8 Å². The van der Waals surface area contributed by atoms with Gasteiger partial charge in [-0.25, -0.2) is 0 Å². The van der Waals surface area contributed by atoms with Gasteiger partial charge in [-0.2, -0.15) is 0 Å². The summed E-state index contributed by atoms with van der Waals surface area (Å²) < 4.78 is 0. The molecule has 0 rings (SSSR count). The molecule has 0 heterocycles. The van der Waals surface area contributed by atoms with Crippen molar-refractivity contribution in [2.45, 2.75) is 122 Å². The Bertz CT molecular complexity index is 256. The molecule has 0 saturated heterocycles. The summed E-state index contributed by atoms with van der Waals surface area (Å²) in [6.45, 7) is 6.19. The zero-order valence-electron chi connectivity index (χ0n) is 16.2. The number of nitrogens with one attached hydrogen (secondary N) is 1. The van der Waals surface area contributed by atoms with E-state index < -0.39 is 6.10 Å². The molecule has 0 amide bonds. The van der Waals surface area contributed by atoms with E-state index in [2.05, 4.69) is 12.2 Å². The van der Waals surface area contributed by atoms with E-state index in [1.165, 1.54) is 64.2 Å². The molecule has 0 aromatic heterocycles. The van der Waals surface area contributed by atoms with Gasteiger partial charge in [-0.3, -0.25) is 0 Å². The number of rotatable bonds is 16. The first-order valence-electron chi connectivity index (χ1n) is 9.99. The quantitative estimate of drug-likeness (QED) is 0.357. The molecule has 140 valence electrons. The summed E-state index contributed by atoms with van der Waals surface area (Å²) >= 11 is 0. The van der Waals surface area contributed by atoms with Crippen LogP contribution in [-0.2, 0) is 0 Å². The molecule has 0 aromatic carbocycles. The molecule has 2 atom stereocenters. The summed E-state index contributed by atoms with van der Waals surface area (Å²) in [5, 5.41) is 23.2.